The molecule has 0 unspecified atom stereocenters. The molecule has 0 aliphatic carbocycles. The number of rotatable bonds is 4. The number of aromatic nitrogens is 1. The van der Waals surface area contributed by atoms with Crippen LogP contribution in [-0.2, 0) is 0 Å². The molecule has 0 fully saturated rings. The fraction of sp³-hybridized carbons (Fsp3) is 0. The van der Waals surface area contributed by atoms with E-state index in [1.807, 2.05) is 12.3 Å². The highest BCUT2D eigenvalue weighted by Crippen LogP contribution is 2.44. The van der Waals surface area contributed by atoms with E-state index in [0.717, 1.165) is 16.8 Å². The van der Waals surface area contributed by atoms with Crippen LogP contribution in [-0.4, -0.2) is 4.98 Å². The Morgan fingerprint density at radius 2 is 0.900 bits per heavy atom. The summed E-state index contributed by atoms with van der Waals surface area (Å²) < 4.78 is 0. The van der Waals surface area contributed by atoms with Crippen molar-refractivity contribution in [2.24, 2.45) is 0 Å². The van der Waals surface area contributed by atoms with E-state index in [2.05, 4.69) is 140 Å². The molecule has 1 heterocycles. The minimum Gasteiger partial charge on any atom is -0.256 e. The van der Waals surface area contributed by atoms with Crippen molar-refractivity contribution in [3.05, 3.63) is 152 Å². The zero-order valence-corrected chi connectivity index (χ0v) is 21.9. The molecule has 0 aliphatic heterocycles. The van der Waals surface area contributed by atoms with Crippen molar-refractivity contribution in [2.45, 2.75) is 0 Å². The Labute approximate surface area is 233 Å². The van der Waals surface area contributed by atoms with Gasteiger partial charge in [-0.25, -0.2) is 0 Å². The first kappa shape index (κ1) is 22.7. The summed E-state index contributed by atoms with van der Waals surface area (Å²) in [4.78, 5) is 4.88. The molecule has 0 bridgehead atoms. The number of benzene rings is 7. The number of pyridine rings is 1. The largest absolute Gasteiger partial charge is 0.256 e. The molecular weight excluding hydrogens is 482 g/mol. The van der Waals surface area contributed by atoms with E-state index in [1.54, 1.807) is 0 Å². The average molecular weight is 508 g/mol. The van der Waals surface area contributed by atoms with Crippen LogP contribution in [0.25, 0.3) is 77.0 Å². The molecule has 8 rings (SSSR count). The summed E-state index contributed by atoms with van der Waals surface area (Å²) in [5.74, 6) is 0. The van der Waals surface area contributed by atoms with Crippen LogP contribution < -0.4 is 0 Å². The molecule has 0 N–H and O–H groups in total. The first-order valence-electron chi connectivity index (χ1n) is 13.7. The zero-order chi connectivity index (χ0) is 26.5. The van der Waals surface area contributed by atoms with Gasteiger partial charge in [-0.05, 0) is 72.3 Å². The summed E-state index contributed by atoms with van der Waals surface area (Å²) in [7, 11) is 0. The van der Waals surface area contributed by atoms with Gasteiger partial charge in [-0.15, -0.1) is 0 Å². The second-order valence-electron chi connectivity index (χ2n) is 10.4. The summed E-state index contributed by atoms with van der Waals surface area (Å²) in [5, 5.41) is 7.74. The summed E-state index contributed by atoms with van der Waals surface area (Å²) in [5.41, 5.74) is 9.36. The zero-order valence-electron chi connectivity index (χ0n) is 21.9. The highest BCUT2D eigenvalue weighted by molar-refractivity contribution is 6.28. The fourth-order valence-corrected chi connectivity index (χ4v) is 6.11. The minimum atomic E-state index is 0.985. The van der Waals surface area contributed by atoms with Gasteiger partial charge in [0.2, 0.25) is 0 Å². The van der Waals surface area contributed by atoms with Gasteiger partial charge in [-0.3, -0.25) is 4.98 Å². The maximum absolute atomic E-state index is 4.88. The Hall–Kier alpha value is -5.27. The normalized spacial score (nSPS) is 11.5. The molecule has 186 valence electrons. The van der Waals surface area contributed by atoms with E-state index in [4.69, 9.17) is 4.98 Å². The van der Waals surface area contributed by atoms with Gasteiger partial charge >= 0.3 is 0 Å². The van der Waals surface area contributed by atoms with Gasteiger partial charge in [0.15, 0.2) is 0 Å². The van der Waals surface area contributed by atoms with Crippen LogP contribution in [0.4, 0.5) is 0 Å². The lowest BCUT2D eigenvalue weighted by atomic mass is 9.85. The molecule has 8 aromatic rings. The minimum absolute atomic E-state index is 0.985. The Kier molecular flexibility index (Phi) is 5.21. The van der Waals surface area contributed by atoms with E-state index in [1.165, 1.54) is 60.1 Å². The quantitative estimate of drug-likeness (QED) is 0.216. The van der Waals surface area contributed by atoms with Gasteiger partial charge in [0.05, 0.1) is 5.69 Å². The molecular formula is C39H25N. The van der Waals surface area contributed by atoms with Crippen LogP contribution in [0.2, 0.25) is 0 Å². The second kappa shape index (κ2) is 9.18. The topological polar surface area (TPSA) is 12.9 Å². The first-order valence-corrected chi connectivity index (χ1v) is 13.7. The highest BCUT2D eigenvalue weighted by Gasteiger charge is 2.17. The van der Waals surface area contributed by atoms with E-state index >= 15 is 0 Å². The van der Waals surface area contributed by atoms with Crippen molar-refractivity contribution >= 4 is 32.3 Å². The Morgan fingerprint density at radius 1 is 0.350 bits per heavy atom. The molecule has 0 saturated carbocycles. The van der Waals surface area contributed by atoms with Crippen molar-refractivity contribution in [3.63, 3.8) is 0 Å². The lowest BCUT2D eigenvalue weighted by molar-refractivity contribution is 1.33. The Bertz CT molecular complexity index is 1960. The lowest BCUT2D eigenvalue weighted by Gasteiger charge is -2.18. The Morgan fingerprint density at radius 3 is 1.52 bits per heavy atom. The molecule has 1 heteroatoms. The van der Waals surface area contributed by atoms with E-state index < -0.39 is 0 Å². The van der Waals surface area contributed by atoms with Crippen LogP contribution in [0, 0.1) is 0 Å². The van der Waals surface area contributed by atoms with Crippen molar-refractivity contribution in [1.82, 2.24) is 4.98 Å². The van der Waals surface area contributed by atoms with Crippen LogP contribution in [0.3, 0.4) is 0 Å². The van der Waals surface area contributed by atoms with Crippen molar-refractivity contribution in [3.8, 4) is 44.6 Å². The standard InChI is InChI=1S/C39H25N/c1-3-8-26(9-4-1)27-14-16-28(17-15-27)35-24-36(32-20-23-37(40-25-32)29-10-5-2-6-11-29)34-22-19-31-13-7-12-30-18-21-33(35)39(34)38(30)31/h1-25H. The predicted octanol–water partition coefficient (Wildman–Crippen LogP) is 10.6. The van der Waals surface area contributed by atoms with Crippen LogP contribution in [0.5, 0.6) is 0 Å². The van der Waals surface area contributed by atoms with Crippen molar-refractivity contribution in [1.29, 1.82) is 0 Å². The fourth-order valence-electron chi connectivity index (χ4n) is 6.11. The van der Waals surface area contributed by atoms with Crippen LogP contribution >= 0.6 is 0 Å². The maximum Gasteiger partial charge on any atom is 0.0702 e. The summed E-state index contributed by atoms with van der Waals surface area (Å²) in [6.45, 7) is 0. The molecule has 7 aromatic carbocycles. The Balaban J connectivity index is 1.36. The number of nitrogens with zero attached hydrogens (tertiary/aromatic N) is 1. The molecule has 1 aromatic heterocycles. The maximum atomic E-state index is 4.88. The highest BCUT2D eigenvalue weighted by atomic mass is 14.7. The van der Waals surface area contributed by atoms with Gasteiger partial charge in [0.1, 0.15) is 0 Å². The molecule has 40 heavy (non-hydrogen) atoms. The summed E-state index contributed by atoms with van der Waals surface area (Å²) in [6.07, 6.45) is 2.02. The van der Waals surface area contributed by atoms with Crippen LogP contribution in [0.15, 0.2) is 152 Å². The van der Waals surface area contributed by atoms with Gasteiger partial charge in [-0.1, -0.05) is 133 Å². The molecule has 0 atom stereocenters. The number of hydrogen-bond acceptors (Lipinski definition) is 1. The summed E-state index contributed by atoms with van der Waals surface area (Å²) in [6, 6.07) is 52.3. The smallest absolute Gasteiger partial charge is 0.0702 e. The van der Waals surface area contributed by atoms with E-state index in [9.17, 15) is 0 Å². The third-order valence-corrected chi connectivity index (χ3v) is 8.09. The van der Waals surface area contributed by atoms with Crippen LogP contribution in [0.1, 0.15) is 0 Å². The third kappa shape index (κ3) is 3.67. The van der Waals surface area contributed by atoms with Gasteiger partial charge < -0.3 is 0 Å². The van der Waals surface area contributed by atoms with Gasteiger partial charge in [0, 0.05) is 17.3 Å². The third-order valence-electron chi connectivity index (χ3n) is 8.09. The second-order valence-corrected chi connectivity index (χ2v) is 10.4. The molecule has 0 spiro atoms. The monoisotopic (exact) mass is 507 g/mol. The van der Waals surface area contributed by atoms with Gasteiger partial charge in [-0.2, -0.15) is 0 Å². The predicted molar refractivity (Wildman–Crippen MR) is 170 cm³/mol. The molecule has 0 aliphatic rings. The molecule has 0 radical (unpaired) electrons. The van der Waals surface area contributed by atoms with Gasteiger partial charge in [0.25, 0.3) is 0 Å². The first-order chi connectivity index (χ1) is 19.8. The molecule has 0 amide bonds. The van der Waals surface area contributed by atoms with E-state index in [-0.39, 0.29) is 0 Å². The lowest BCUT2D eigenvalue weighted by Crippen LogP contribution is -1.92. The van der Waals surface area contributed by atoms with Crippen molar-refractivity contribution < 1.29 is 0 Å². The summed E-state index contributed by atoms with van der Waals surface area (Å²) >= 11 is 0. The van der Waals surface area contributed by atoms with Crippen molar-refractivity contribution in [2.75, 3.05) is 0 Å². The average Bonchev–Trinajstić information content (AvgIpc) is 3.04. The van der Waals surface area contributed by atoms with E-state index in [0.29, 0.717) is 0 Å². The molecule has 0 saturated heterocycles. The SMILES string of the molecule is c1ccc(-c2ccc(-c3cc(-c4ccc(-c5ccccc5)nc4)c4ccc5cccc6ccc3c4c65)cc2)cc1. The number of hydrogen-bond donors (Lipinski definition) is 0. The molecule has 1 nitrogen and oxygen atoms in total.